The van der Waals surface area contributed by atoms with Gasteiger partial charge < -0.3 is 9.73 Å². The molecule has 0 amide bonds. The Labute approximate surface area is 166 Å². The lowest BCUT2D eigenvalue weighted by Gasteiger charge is -2.19. The van der Waals surface area contributed by atoms with Crippen LogP contribution in [0.2, 0.25) is 5.02 Å². The van der Waals surface area contributed by atoms with Crippen LogP contribution in [0.4, 0.5) is 0 Å². The number of rotatable bonds is 5. The van der Waals surface area contributed by atoms with E-state index in [1.165, 1.54) is 16.5 Å². The van der Waals surface area contributed by atoms with Crippen LogP contribution < -0.4 is 10.9 Å². The molecule has 0 aliphatic carbocycles. The molecule has 0 unspecified atom stereocenters. The van der Waals surface area contributed by atoms with E-state index >= 15 is 0 Å². The molecule has 0 aliphatic heterocycles. The number of thiophene rings is 1. The minimum absolute atomic E-state index is 0.0504. The van der Waals surface area contributed by atoms with E-state index in [9.17, 15) is 4.79 Å². The van der Waals surface area contributed by atoms with E-state index in [1.54, 1.807) is 11.3 Å². The molecular weight excluding hydrogens is 378 g/mol. The van der Waals surface area contributed by atoms with Gasteiger partial charge in [-0.15, -0.1) is 11.3 Å². The van der Waals surface area contributed by atoms with Crippen molar-refractivity contribution in [1.29, 1.82) is 0 Å². The van der Waals surface area contributed by atoms with Crippen LogP contribution in [-0.2, 0) is 6.54 Å². The van der Waals surface area contributed by atoms with Gasteiger partial charge in [-0.25, -0.2) is 4.79 Å². The molecule has 0 bridgehead atoms. The van der Waals surface area contributed by atoms with Gasteiger partial charge in [-0.3, -0.25) is 0 Å². The fourth-order valence-electron chi connectivity index (χ4n) is 3.19. The summed E-state index contributed by atoms with van der Waals surface area (Å²) >= 11 is 8.01. The Morgan fingerprint density at radius 2 is 1.93 bits per heavy atom. The molecule has 0 spiro atoms. The molecule has 2 aromatic carbocycles. The Morgan fingerprint density at radius 3 is 2.67 bits per heavy atom. The van der Waals surface area contributed by atoms with Crippen molar-refractivity contribution in [3.8, 4) is 0 Å². The van der Waals surface area contributed by atoms with Crippen LogP contribution in [0, 0.1) is 6.92 Å². The van der Waals surface area contributed by atoms with Crippen molar-refractivity contribution in [2.45, 2.75) is 19.5 Å². The first kappa shape index (κ1) is 18.0. The Balaban J connectivity index is 1.71. The van der Waals surface area contributed by atoms with Crippen molar-refractivity contribution >= 4 is 33.9 Å². The van der Waals surface area contributed by atoms with Crippen LogP contribution >= 0.6 is 22.9 Å². The van der Waals surface area contributed by atoms with E-state index in [0.29, 0.717) is 17.2 Å². The lowest BCUT2D eigenvalue weighted by atomic mass is 10.0. The molecule has 27 heavy (non-hydrogen) atoms. The molecule has 136 valence electrons. The van der Waals surface area contributed by atoms with Gasteiger partial charge in [0.25, 0.3) is 0 Å². The number of hydrogen-bond acceptors (Lipinski definition) is 4. The van der Waals surface area contributed by atoms with Crippen molar-refractivity contribution in [1.82, 2.24) is 5.32 Å². The summed E-state index contributed by atoms with van der Waals surface area (Å²) in [6, 6.07) is 19.7. The molecule has 2 heterocycles. The normalized spacial score (nSPS) is 12.4. The first-order valence-electron chi connectivity index (χ1n) is 8.66. The van der Waals surface area contributed by atoms with Crippen molar-refractivity contribution < 1.29 is 4.42 Å². The highest BCUT2D eigenvalue weighted by Gasteiger charge is 2.16. The van der Waals surface area contributed by atoms with Crippen LogP contribution in [0.25, 0.3) is 11.0 Å². The van der Waals surface area contributed by atoms with E-state index in [2.05, 4.69) is 28.9 Å². The van der Waals surface area contributed by atoms with Crippen LogP contribution in [0.1, 0.15) is 27.6 Å². The molecule has 1 N–H and O–H groups in total. The minimum Gasteiger partial charge on any atom is -0.423 e. The largest absolute Gasteiger partial charge is 0.423 e. The van der Waals surface area contributed by atoms with Gasteiger partial charge in [0.05, 0.1) is 6.04 Å². The second kappa shape index (κ2) is 7.69. The van der Waals surface area contributed by atoms with Crippen molar-refractivity contribution in [3.63, 3.8) is 0 Å². The maximum atomic E-state index is 12.0. The zero-order valence-electron chi connectivity index (χ0n) is 14.7. The van der Waals surface area contributed by atoms with Gasteiger partial charge in [0.15, 0.2) is 0 Å². The summed E-state index contributed by atoms with van der Waals surface area (Å²) in [6.45, 7) is 2.42. The number of fused-ring (bicyclic) bond motifs is 1. The van der Waals surface area contributed by atoms with Crippen LogP contribution in [0.5, 0.6) is 0 Å². The highest BCUT2D eigenvalue weighted by Crippen LogP contribution is 2.28. The summed E-state index contributed by atoms with van der Waals surface area (Å²) in [6.07, 6.45) is 0. The average molecular weight is 396 g/mol. The van der Waals surface area contributed by atoms with E-state index in [4.69, 9.17) is 16.0 Å². The lowest BCUT2D eigenvalue weighted by Crippen LogP contribution is -2.22. The third-order valence-electron chi connectivity index (χ3n) is 4.57. The molecule has 0 aliphatic rings. The van der Waals surface area contributed by atoms with Gasteiger partial charge >= 0.3 is 5.63 Å². The molecule has 2 aromatic heterocycles. The summed E-state index contributed by atoms with van der Waals surface area (Å²) in [4.78, 5) is 13.2. The summed E-state index contributed by atoms with van der Waals surface area (Å²) in [5.41, 5.74) is 3.15. The quantitative estimate of drug-likeness (QED) is 0.441. The first-order valence-corrected chi connectivity index (χ1v) is 9.92. The van der Waals surface area contributed by atoms with Crippen molar-refractivity contribution in [2.24, 2.45) is 0 Å². The number of benzene rings is 2. The van der Waals surface area contributed by atoms with Gasteiger partial charge in [0.1, 0.15) is 5.58 Å². The molecule has 0 saturated heterocycles. The maximum absolute atomic E-state index is 12.0. The minimum atomic E-state index is -0.353. The van der Waals surface area contributed by atoms with Gasteiger partial charge in [0.2, 0.25) is 0 Å². The summed E-state index contributed by atoms with van der Waals surface area (Å²) in [7, 11) is 0. The average Bonchev–Trinajstić information content (AvgIpc) is 3.19. The third-order valence-corrected chi connectivity index (χ3v) is 5.91. The standard InChI is InChI=1S/C22H18ClNO2S/c1-14-10-19-17(12-18(14)23)16(11-21(25)26-19)13-24-22(20-8-5-9-27-20)15-6-3-2-4-7-15/h2-12,22,24H,13H2,1H3/t22-/m1/s1. The monoisotopic (exact) mass is 395 g/mol. The fourth-order valence-corrected chi connectivity index (χ4v) is 4.18. The Hall–Kier alpha value is -2.40. The van der Waals surface area contributed by atoms with Crippen LogP contribution in [-0.4, -0.2) is 0 Å². The van der Waals surface area contributed by atoms with Crippen molar-refractivity contribution in [3.05, 3.63) is 103 Å². The highest BCUT2D eigenvalue weighted by atomic mass is 35.5. The van der Waals surface area contributed by atoms with Gasteiger partial charge in [0, 0.05) is 27.9 Å². The van der Waals surface area contributed by atoms with Gasteiger partial charge in [-0.05, 0) is 47.2 Å². The fraction of sp³-hybridized carbons (Fsp3) is 0.136. The molecule has 0 radical (unpaired) electrons. The second-order valence-electron chi connectivity index (χ2n) is 6.43. The molecule has 0 saturated carbocycles. The zero-order valence-corrected chi connectivity index (χ0v) is 16.3. The number of halogens is 1. The van der Waals surface area contributed by atoms with Gasteiger partial charge in [-0.1, -0.05) is 48.0 Å². The Bertz CT molecular complexity index is 1120. The molecule has 0 fully saturated rings. The summed E-state index contributed by atoms with van der Waals surface area (Å²) in [5, 5.41) is 7.19. The van der Waals surface area contributed by atoms with E-state index < -0.39 is 0 Å². The summed E-state index contributed by atoms with van der Waals surface area (Å²) < 4.78 is 5.36. The second-order valence-corrected chi connectivity index (χ2v) is 7.81. The molecule has 4 rings (SSSR count). The number of hydrogen-bond donors (Lipinski definition) is 1. The van der Waals surface area contributed by atoms with E-state index in [1.807, 2.05) is 43.3 Å². The third kappa shape index (κ3) is 3.83. The Kier molecular flexibility index (Phi) is 5.12. The van der Waals surface area contributed by atoms with E-state index in [0.717, 1.165) is 16.5 Å². The molecular formula is C22H18ClNO2S. The SMILES string of the molecule is Cc1cc2oc(=O)cc(CN[C@H](c3ccccc3)c3cccs3)c2cc1Cl. The van der Waals surface area contributed by atoms with Crippen LogP contribution in [0.15, 0.2) is 75.3 Å². The molecule has 3 nitrogen and oxygen atoms in total. The van der Waals surface area contributed by atoms with E-state index in [-0.39, 0.29) is 11.7 Å². The molecule has 5 heteroatoms. The van der Waals surface area contributed by atoms with Crippen molar-refractivity contribution in [2.75, 3.05) is 0 Å². The maximum Gasteiger partial charge on any atom is 0.336 e. The number of aryl methyl sites for hydroxylation is 1. The summed E-state index contributed by atoms with van der Waals surface area (Å²) in [5.74, 6) is 0. The first-order chi connectivity index (χ1) is 13.1. The Morgan fingerprint density at radius 1 is 1.11 bits per heavy atom. The molecule has 1 atom stereocenters. The number of nitrogens with one attached hydrogen (secondary N) is 1. The smallest absolute Gasteiger partial charge is 0.336 e. The topological polar surface area (TPSA) is 42.2 Å². The van der Waals surface area contributed by atoms with Gasteiger partial charge in [-0.2, -0.15) is 0 Å². The predicted molar refractivity (Wildman–Crippen MR) is 112 cm³/mol. The van der Waals surface area contributed by atoms with Crippen LogP contribution in [0.3, 0.4) is 0 Å². The molecule has 4 aromatic rings. The zero-order chi connectivity index (χ0) is 18.8. The lowest BCUT2D eigenvalue weighted by molar-refractivity contribution is 0.553. The highest BCUT2D eigenvalue weighted by molar-refractivity contribution is 7.10. The predicted octanol–water partition coefficient (Wildman–Crippen LogP) is 5.70.